The topological polar surface area (TPSA) is 71.3 Å². The molecule has 0 saturated carbocycles. The van der Waals surface area contributed by atoms with Crippen LogP contribution in [-0.2, 0) is 4.79 Å². The SMILES string of the molecule is C=Cc1cccc(F)c1-c1cc2c(cc1F)c(N1CCN(C(=O)C(=C)F)C[C@@H]1C)nc(=O)n2-c1c(C(C)C)ccnc1C(C)C. The van der Waals surface area contributed by atoms with Gasteiger partial charge in [0, 0.05) is 48.4 Å². The van der Waals surface area contributed by atoms with Gasteiger partial charge in [0.05, 0.1) is 16.9 Å². The molecular weight excluding hydrogens is 579 g/mol. The highest BCUT2D eigenvalue weighted by atomic mass is 19.1. The van der Waals surface area contributed by atoms with Crippen LogP contribution in [0.5, 0.6) is 0 Å². The van der Waals surface area contributed by atoms with E-state index in [1.165, 1.54) is 39.8 Å². The Bertz CT molecular complexity index is 1870. The van der Waals surface area contributed by atoms with Crippen molar-refractivity contribution in [1.29, 1.82) is 0 Å². The lowest BCUT2D eigenvalue weighted by molar-refractivity contribution is -0.129. The number of hydrogen-bond donors (Lipinski definition) is 0. The number of amides is 1. The second-order valence-electron chi connectivity index (χ2n) is 12.0. The summed E-state index contributed by atoms with van der Waals surface area (Å²) >= 11 is 0. The number of anilines is 1. The molecular formula is C35H36F3N5O2. The van der Waals surface area contributed by atoms with E-state index in [-0.39, 0.29) is 48.4 Å². The van der Waals surface area contributed by atoms with Crippen LogP contribution in [0, 0.1) is 11.6 Å². The van der Waals surface area contributed by atoms with E-state index < -0.39 is 35.1 Å². The summed E-state index contributed by atoms with van der Waals surface area (Å²) in [5, 5.41) is 0.321. The third-order valence-electron chi connectivity index (χ3n) is 8.29. The number of aromatic nitrogens is 3. The van der Waals surface area contributed by atoms with Crippen molar-refractivity contribution < 1.29 is 18.0 Å². The predicted octanol–water partition coefficient (Wildman–Crippen LogP) is 7.14. The number of rotatable bonds is 7. The fraction of sp³-hybridized carbons (Fsp3) is 0.314. The molecule has 5 rings (SSSR count). The Morgan fingerprint density at radius 2 is 1.80 bits per heavy atom. The van der Waals surface area contributed by atoms with Crippen LogP contribution in [0.2, 0.25) is 0 Å². The van der Waals surface area contributed by atoms with Crippen molar-refractivity contribution in [3.05, 3.63) is 101 Å². The molecule has 0 unspecified atom stereocenters. The summed E-state index contributed by atoms with van der Waals surface area (Å²) < 4.78 is 46.6. The average Bonchev–Trinajstić information content (AvgIpc) is 2.99. The van der Waals surface area contributed by atoms with Crippen LogP contribution in [0.25, 0.3) is 33.8 Å². The monoisotopic (exact) mass is 615 g/mol. The van der Waals surface area contributed by atoms with Gasteiger partial charge in [0.15, 0.2) is 5.83 Å². The predicted molar refractivity (Wildman–Crippen MR) is 172 cm³/mol. The summed E-state index contributed by atoms with van der Waals surface area (Å²) in [4.78, 5) is 38.8. The minimum absolute atomic E-state index is 0.00289. The first kappa shape index (κ1) is 31.7. The number of fused-ring (bicyclic) bond motifs is 1. The zero-order chi connectivity index (χ0) is 32.7. The van der Waals surface area contributed by atoms with Gasteiger partial charge in [0.2, 0.25) is 0 Å². The smallest absolute Gasteiger partial charge is 0.350 e. The fourth-order valence-corrected chi connectivity index (χ4v) is 6.10. The zero-order valence-corrected chi connectivity index (χ0v) is 26.1. The van der Waals surface area contributed by atoms with Crippen LogP contribution in [0.15, 0.2) is 66.4 Å². The van der Waals surface area contributed by atoms with Gasteiger partial charge in [-0.25, -0.2) is 18.0 Å². The molecule has 0 bridgehead atoms. The summed E-state index contributed by atoms with van der Waals surface area (Å²) in [7, 11) is 0. The molecule has 1 saturated heterocycles. The van der Waals surface area contributed by atoms with Crippen molar-refractivity contribution in [3.63, 3.8) is 0 Å². The third kappa shape index (κ3) is 5.65. The molecule has 4 aromatic rings. The summed E-state index contributed by atoms with van der Waals surface area (Å²) in [6.07, 6.45) is 3.16. The van der Waals surface area contributed by atoms with E-state index in [1.54, 1.807) is 12.3 Å². The highest BCUT2D eigenvalue weighted by Gasteiger charge is 2.32. The second kappa shape index (κ2) is 12.3. The van der Waals surface area contributed by atoms with Gasteiger partial charge < -0.3 is 9.80 Å². The normalized spacial score (nSPS) is 15.3. The van der Waals surface area contributed by atoms with Crippen molar-refractivity contribution in [1.82, 2.24) is 19.4 Å². The van der Waals surface area contributed by atoms with E-state index in [4.69, 9.17) is 0 Å². The van der Waals surface area contributed by atoms with E-state index in [0.717, 1.165) is 5.56 Å². The molecule has 1 aliphatic rings. The number of hydrogen-bond acceptors (Lipinski definition) is 5. The second-order valence-corrected chi connectivity index (χ2v) is 12.0. The number of carbonyl (C=O) groups excluding carboxylic acids is 1. The summed E-state index contributed by atoms with van der Waals surface area (Å²) in [5.41, 5.74) is 2.15. The first-order chi connectivity index (χ1) is 21.3. The molecule has 0 N–H and O–H groups in total. The van der Waals surface area contributed by atoms with Crippen LogP contribution < -0.4 is 10.6 Å². The van der Waals surface area contributed by atoms with Gasteiger partial charge in [-0.2, -0.15) is 4.98 Å². The minimum atomic E-state index is -1.05. The van der Waals surface area contributed by atoms with Gasteiger partial charge in [-0.05, 0) is 54.2 Å². The standard InChI is InChI=1S/C35H36F3N5O2/c1-8-23-10-9-11-27(37)30(23)25-17-29-26(16-28(25)38)33(42-15-14-41(18-21(42)6)34(44)22(7)36)40-35(45)43(29)32-24(19(2)3)12-13-39-31(32)20(4)5/h8-13,16-17,19-21H,1,7,14-15,18H2,2-6H3/t21-/m0/s1. The lowest BCUT2D eigenvalue weighted by atomic mass is 9.95. The number of carbonyl (C=O) groups is 1. The lowest BCUT2D eigenvalue weighted by Crippen LogP contribution is -2.54. The maximum Gasteiger partial charge on any atom is 0.354 e. The Kier molecular flexibility index (Phi) is 8.69. The Morgan fingerprint density at radius 1 is 1.07 bits per heavy atom. The number of pyridine rings is 1. The van der Waals surface area contributed by atoms with Crippen LogP contribution in [-0.4, -0.2) is 51.0 Å². The number of nitrogens with zero attached hydrogens (tertiary/aromatic N) is 5. The Labute approximate surface area is 260 Å². The van der Waals surface area contributed by atoms with E-state index in [9.17, 15) is 14.0 Å². The average molecular weight is 616 g/mol. The molecule has 45 heavy (non-hydrogen) atoms. The molecule has 7 nitrogen and oxygen atoms in total. The molecule has 0 radical (unpaired) electrons. The number of benzene rings is 2. The van der Waals surface area contributed by atoms with E-state index in [1.807, 2.05) is 45.6 Å². The van der Waals surface area contributed by atoms with E-state index in [0.29, 0.717) is 27.8 Å². The molecule has 2 aromatic heterocycles. The summed E-state index contributed by atoms with van der Waals surface area (Å²) in [5.74, 6) is -3.06. The lowest BCUT2D eigenvalue weighted by Gasteiger charge is -2.40. The summed E-state index contributed by atoms with van der Waals surface area (Å²) in [6.45, 7) is 17.2. The maximum absolute atomic E-state index is 16.2. The van der Waals surface area contributed by atoms with Gasteiger partial charge in [0.25, 0.3) is 5.91 Å². The highest BCUT2D eigenvalue weighted by molar-refractivity contribution is 5.95. The molecule has 3 heterocycles. The van der Waals surface area contributed by atoms with Crippen LogP contribution in [0.1, 0.15) is 63.3 Å². The van der Waals surface area contributed by atoms with Crippen LogP contribution in [0.3, 0.4) is 0 Å². The molecule has 1 atom stereocenters. The quantitative estimate of drug-likeness (QED) is 0.207. The molecule has 10 heteroatoms. The van der Waals surface area contributed by atoms with Crippen molar-refractivity contribution in [2.75, 3.05) is 24.5 Å². The Morgan fingerprint density at radius 3 is 2.42 bits per heavy atom. The molecule has 234 valence electrons. The molecule has 0 aliphatic carbocycles. The number of halogens is 3. The largest absolute Gasteiger partial charge is 0.354 e. The Hall–Kier alpha value is -4.73. The molecule has 1 aliphatic heterocycles. The summed E-state index contributed by atoms with van der Waals surface area (Å²) in [6, 6.07) is 8.63. The van der Waals surface area contributed by atoms with E-state index >= 15 is 8.78 Å². The molecule has 1 fully saturated rings. The van der Waals surface area contributed by atoms with Gasteiger partial charge in [0.1, 0.15) is 17.5 Å². The van der Waals surface area contributed by atoms with Gasteiger partial charge >= 0.3 is 5.69 Å². The fourth-order valence-electron chi connectivity index (χ4n) is 6.10. The van der Waals surface area contributed by atoms with Gasteiger partial charge in [-0.3, -0.25) is 14.3 Å². The third-order valence-corrected chi connectivity index (χ3v) is 8.29. The molecule has 2 aromatic carbocycles. The van der Waals surface area contributed by atoms with Crippen molar-refractivity contribution in [2.24, 2.45) is 0 Å². The van der Waals surface area contributed by atoms with Crippen LogP contribution in [0.4, 0.5) is 19.0 Å². The molecule has 0 spiro atoms. The van der Waals surface area contributed by atoms with Gasteiger partial charge in [-0.1, -0.05) is 59.1 Å². The van der Waals surface area contributed by atoms with Crippen molar-refractivity contribution in [2.45, 2.75) is 52.5 Å². The zero-order valence-electron chi connectivity index (χ0n) is 26.1. The first-order valence-corrected chi connectivity index (χ1v) is 14.9. The first-order valence-electron chi connectivity index (χ1n) is 14.9. The van der Waals surface area contributed by atoms with Crippen molar-refractivity contribution >= 4 is 28.7 Å². The van der Waals surface area contributed by atoms with Crippen molar-refractivity contribution in [3.8, 4) is 16.8 Å². The van der Waals surface area contributed by atoms with Gasteiger partial charge in [-0.15, -0.1) is 0 Å². The maximum atomic E-state index is 16.2. The highest BCUT2D eigenvalue weighted by Crippen LogP contribution is 2.38. The van der Waals surface area contributed by atoms with Crippen LogP contribution >= 0.6 is 0 Å². The Balaban J connectivity index is 1.86. The number of piperazine rings is 1. The minimum Gasteiger partial charge on any atom is -0.350 e. The molecule has 1 amide bonds. The van der Waals surface area contributed by atoms with E-state index in [2.05, 4.69) is 23.1 Å².